The standard InChI is InChI=1S/C17H16O3/c1-12-16(18-2)11-14(15-9-6-10-19-15)17(12)20-13-7-4-3-5-8-13/h3-11,14,17H,1H2,2H3/t14-,17+/m1/s1. The summed E-state index contributed by atoms with van der Waals surface area (Å²) in [5.41, 5.74) is 0.831. The molecule has 0 aliphatic heterocycles. The Bertz CT molecular complexity index is 611. The molecule has 3 rings (SSSR count). The maximum atomic E-state index is 6.06. The third-order valence-electron chi connectivity index (χ3n) is 3.41. The van der Waals surface area contributed by atoms with Crippen LogP contribution >= 0.6 is 0 Å². The third kappa shape index (κ3) is 2.23. The summed E-state index contributed by atoms with van der Waals surface area (Å²) in [6.07, 6.45) is 3.45. The summed E-state index contributed by atoms with van der Waals surface area (Å²) in [6, 6.07) is 13.5. The number of hydrogen-bond donors (Lipinski definition) is 0. The molecule has 1 aromatic heterocycles. The zero-order valence-electron chi connectivity index (χ0n) is 11.3. The Balaban J connectivity index is 1.89. The van der Waals surface area contributed by atoms with Crippen LogP contribution in [0.2, 0.25) is 0 Å². The van der Waals surface area contributed by atoms with Crippen LogP contribution in [0.3, 0.4) is 0 Å². The van der Waals surface area contributed by atoms with E-state index in [9.17, 15) is 0 Å². The summed E-state index contributed by atoms with van der Waals surface area (Å²) < 4.78 is 16.9. The van der Waals surface area contributed by atoms with Gasteiger partial charge >= 0.3 is 0 Å². The van der Waals surface area contributed by atoms with E-state index in [2.05, 4.69) is 6.58 Å². The van der Waals surface area contributed by atoms with Crippen LogP contribution in [0, 0.1) is 0 Å². The smallest absolute Gasteiger partial charge is 0.140 e. The molecule has 3 heteroatoms. The Morgan fingerprint density at radius 2 is 1.90 bits per heavy atom. The summed E-state index contributed by atoms with van der Waals surface area (Å²) in [4.78, 5) is 0. The fraction of sp³-hybridized carbons (Fsp3) is 0.176. The van der Waals surface area contributed by atoms with Gasteiger partial charge in [0.2, 0.25) is 0 Å². The maximum absolute atomic E-state index is 6.06. The molecule has 1 heterocycles. The zero-order chi connectivity index (χ0) is 13.9. The number of benzene rings is 1. The lowest BCUT2D eigenvalue weighted by Gasteiger charge is -2.20. The molecule has 0 spiro atoms. The van der Waals surface area contributed by atoms with Gasteiger partial charge in [-0.1, -0.05) is 24.8 Å². The Morgan fingerprint density at radius 3 is 2.55 bits per heavy atom. The Hall–Kier alpha value is -2.42. The second-order valence-electron chi connectivity index (χ2n) is 4.65. The maximum Gasteiger partial charge on any atom is 0.140 e. The molecule has 102 valence electrons. The van der Waals surface area contributed by atoms with Crippen LogP contribution in [0.1, 0.15) is 11.7 Å². The lowest BCUT2D eigenvalue weighted by atomic mass is 10.0. The van der Waals surface area contributed by atoms with Crippen molar-refractivity contribution < 1.29 is 13.9 Å². The van der Waals surface area contributed by atoms with Crippen LogP contribution in [0.4, 0.5) is 0 Å². The average molecular weight is 268 g/mol. The van der Waals surface area contributed by atoms with Crippen LogP contribution < -0.4 is 4.74 Å². The molecule has 1 aliphatic carbocycles. The van der Waals surface area contributed by atoms with Gasteiger partial charge in [-0.3, -0.25) is 0 Å². The van der Waals surface area contributed by atoms with Gasteiger partial charge in [0, 0.05) is 5.57 Å². The summed E-state index contributed by atoms with van der Waals surface area (Å²) in [5, 5.41) is 0. The van der Waals surface area contributed by atoms with Crippen molar-refractivity contribution in [3.63, 3.8) is 0 Å². The van der Waals surface area contributed by atoms with Crippen molar-refractivity contribution in [1.29, 1.82) is 0 Å². The Kier molecular flexibility index (Phi) is 3.33. The number of furan rings is 1. The fourth-order valence-electron chi connectivity index (χ4n) is 2.42. The molecule has 0 N–H and O–H groups in total. The summed E-state index contributed by atoms with van der Waals surface area (Å²) in [5.74, 6) is 2.39. The van der Waals surface area contributed by atoms with Crippen molar-refractivity contribution in [2.75, 3.05) is 7.11 Å². The number of methoxy groups -OCH3 is 1. The predicted octanol–water partition coefficient (Wildman–Crippen LogP) is 3.91. The molecule has 0 saturated heterocycles. The second kappa shape index (κ2) is 5.29. The van der Waals surface area contributed by atoms with Crippen LogP contribution in [0.25, 0.3) is 0 Å². The first-order valence-electron chi connectivity index (χ1n) is 6.49. The molecule has 1 aliphatic rings. The molecule has 20 heavy (non-hydrogen) atoms. The lowest BCUT2D eigenvalue weighted by molar-refractivity contribution is 0.213. The van der Waals surface area contributed by atoms with Gasteiger partial charge in [0.05, 0.1) is 19.3 Å². The molecule has 2 atom stereocenters. The van der Waals surface area contributed by atoms with Crippen molar-refractivity contribution in [3.8, 4) is 5.75 Å². The van der Waals surface area contributed by atoms with E-state index in [4.69, 9.17) is 13.9 Å². The van der Waals surface area contributed by atoms with Gasteiger partial charge in [-0.25, -0.2) is 0 Å². The number of ether oxygens (including phenoxy) is 2. The van der Waals surface area contributed by atoms with Gasteiger partial charge in [0.1, 0.15) is 23.4 Å². The minimum atomic E-state index is -0.210. The third-order valence-corrected chi connectivity index (χ3v) is 3.41. The first kappa shape index (κ1) is 12.6. The van der Waals surface area contributed by atoms with Crippen molar-refractivity contribution in [2.24, 2.45) is 0 Å². The van der Waals surface area contributed by atoms with Gasteiger partial charge < -0.3 is 13.9 Å². The highest BCUT2D eigenvalue weighted by atomic mass is 16.5. The molecule has 0 bridgehead atoms. The minimum Gasteiger partial charge on any atom is -0.497 e. The van der Waals surface area contributed by atoms with Gasteiger partial charge in [-0.15, -0.1) is 0 Å². The van der Waals surface area contributed by atoms with Gasteiger partial charge in [-0.05, 0) is 30.3 Å². The fourth-order valence-corrected chi connectivity index (χ4v) is 2.42. The van der Waals surface area contributed by atoms with Gasteiger partial charge in [0.25, 0.3) is 0 Å². The molecule has 0 amide bonds. The van der Waals surface area contributed by atoms with Crippen molar-refractivity contribution in [3.05, 3.63) is 78.5 Å². The van der Waals surface area contributed by atoms with E-state index in [0.717, 1.165) is 22.8 Å². The molecule has 3 nitrogen and oxygen atoms in total. The molecule has 2 aromatic rings. The van der Waals surface area contributed by atoms with Gasteiger partial charge in [-0.2, -0.15) is 0 Å². The first-order chi connectivity index (χ1) is 9.79. The highest BCUT2D eigenvalue weighted by Gasteiger charge is 2.36. The van der Waals surface area contributed by atoms with Crippen LogP contribution in [0.5, 0.6) is 5.75 Å². The number of hydrogen-bond acceptors (Lipinski definition) is 3. The quantitative estimate of drug-likeness (QED) is 0.842. The van der Waals surface area contributed by atoms with E-state index >= 15 is 0 Å². The molecular weight excluding hydrogens is 252 g/mol. The topological polar surface area (TPSA) is 31.6 Å². The largest absolute Gasteiger partial charge is 0.497 e. The Labute approximate surface area is 118 Å². The molecule has 0 radical (unpaired) electrons. The molecule has 0 fully saturated rings. The Morgan fingerprint density at radius 1 is 1.10 bits per heavy atom. The summed E-state index contributed by atoms with van der Waals surface area (Å²) >= 11 is 0. The van der Waals surface area contributed by atoms with Crippen molar-refractivity contribution in [1.82, 2.24) is 0 Å². The van der Waals surface area contributed by atoms with E-state index in [0.29, 0.717) is 0 Å². The summed E-state index contributed by atoms with van der Waals surface area (Å²) in [7, 11) is 1.64. The first-order valence-corrected chi connectivity index (χ1v) is 6.49. The molecule has 1 aromatic carbocycles. The van der Waals surface area contributed by atoms with E-state index in [1.54, 1.807) is 13.4 Å². The minimum absolute atomic E-state index is 0.0207. The van der Waals surface area contributed by atoms with Crippen LogP contribution in [-0.2, 0) is 4.74 Å². The van der Waals surface area contributed by atoms with Crippen LogP contribution in [0.15, 0.2) is 77.1 Å². The van der Waals surface area contributed by atoms with Crippen LogP contribution in [-0.4, -0.2) is 13.2 Å². The number of rotatable bonds is 4. The average Bonchev–Trinajstić information content (AvgIpc) is 3.10. The van der Waals surface area contributed by atoms with E-state index in [-0.39, 0.29) is 12.0 Å². The molecule has 0 saturated carbocycles. The zero-order valence-corrected chi connectivity index (χ0v) is 11.3. The van der Waals surface area contributed by atoms with Gasteiger partial charge in [0.15, 0.2) is 0 Å². The normalized spacial score (nSPS) is 21.6. The SMILES string of the molecule is C=C1C(OC)=C[C@H](c2ccco2)[C@H]1Oc1ccccc1. The summed E-state index contributed by atoms with van der Waals surface area (Å²) in [6.45, 7) is 4.08. The highest BCUT2D eigenvalue weighted by Crippen LogP contribution is 2.39. The monoisotopic (exact) mass is 268 g/mol. The van der Waals surface area contributed by atoms with E-state index < -0.39 is 0 Å². The van der Waals surface area contributed by atoms with E-state index in [1.807, 2.05) is 48.5 Å². The lowest BCUT2D eigenvalue weighted by Crippen LogP contribution is -2.22. The highest BCUT2D eigenvalue weighted by molar-refractivity contribution is 5.42. The second-order valence-corrected chi connectivity index (χ2v) is 4.65. The van der Waals surface area contributed by atoms with E-state index in [1.165, 1.54) is 0 Å². The number of para-hydroxylation sites is 1. The molecule has 0 unspecified atom stereocenters. The molecular formula is C17H16O3. The predicted molar refractivity (Wildman–Crippen MR) is 76.5 cm³/mol. The van der Waals surface area contributed by atoms with Crippen molar-refractivity contribution >= 4 is 0 Å². The van der Waals surface area contributed by atoms with Crippen molar-refractivity contribution in [2.45, 2.75) is 12.0 Å².